The maximum absolute atomic E-state index is 9.52. The van der Waals surface area contributed by atoms with Crippen molar-refractivity contribution in [2.45, 2.75) is 83.0 Å². The SMILES string of the molecule is C=CC1=C(C=C)C2(C(C=C)=C(C=C)c3ccc(C(C)(CC)CCCCCC)cc32)c2cc(CCCO)ccc21. The van der Waals surface area contributed by atoms with Gasteiger partial charge in [-0.25, -0.2) is 0 Å². The monoisotopic (exact) mass is 518 g/mol. The van der Waals surface area contributed by atoms with E-state index in [0.29, 0.717) is 0 Å². The van der Waals surface area contributed by atoms with E-state index in [4.69, 9.17) is 0 Å². The molecular formula is C38H46O. The van der Waals surface area contributed by atoms with E-state index >= 15 is 0 Å². The summed E-state index contributed by atoms with van der Waals surface area (Å²) in [5, 5.41) is 9.52. The van der Waals surface area contributed by atoms with Crippen molar-refractivity contribution >= 4 is 11.1 Å². The second kappa shape index (κ2) is 11.9. The molecule has 0 radical (unpaired) electrons. The molecule has 2 aromatic rings. The van der Waals surface area contributed by atoms with E-state index in [1.54, 1.807) is 0 Å². The zero-order valence-electron chi connectivity index (χ0n) is 24.4. The van der Waals surface area contributed by atoms with Crippen LogP contribution in [0.25, 0.3) is 11.1 Å². The van der Waals surface area contributed by atoms with E-state index in [1.807, 2.05) is 24.3 Å². The third kappa shape index (κ3) is 4.55. The molecule has 1 spiro atoms. The Kier molecular flexibility index (Phi) is 8.82. The molecule has 2 aromatic carbocycles. The number of unbranched alkanes of at least 4 members (excludes halogenated alkanes) is 3. The topological polar surface area (TPSA) is 20.2 Å². The van der Waals surface area contributed by atoms with Crippen LogP contribution in [0.15, 0.2) is 98.2 Å². The summed E-state index contributed by atoms with van der Waals surface area (Å²) >= 11 is 0. The van der Waals surface area contributed by atoms with Gasteiger partial charge in [-0.05, 0) is 86.8 Å². The number of allylic oxidation sites excluding steroid dienone is 8. The molecule has 2 aliphatic rings. The highest BCUT2D eigenvalue weighted by Gasteiger charge is 2.52. The van der Waals surface area contributed by atoms with Crippen LogP contribution in [0.1, 0.15) is 99.1 Å². The number of hydrogen-bond donors (Lipinski definition) is 1. The summed E-state index contributed by atoms with van der Waals surface area (Å²) in [4.78, 5) is 0. The molecule has 0 amide bonds. The molecule has 1 nitrogen and oxygen atoms in total. The molecule has 0 bridgehead atoms. The maximum Gasteiger partial charge on any atom is 0.0725 e. The maximum atomic E-state index is 9.52. The second-order valence-corrected chi connectivity index (χ2v) is 11.4. The lowest BCUT2D eigenvalue weighted by atomic mass is 9.67. The molecule has 1 heteroatoms. The van der Waals surface area contributed by atoms with Crippen LogP contribution in [0.5, 0.6) is 0 Å². The average molecular weight is 519 g/mol. The normalized spacial score (nSPS) is 19.2. The lowest BCUT2D eigenvalue weighted by molar-refractivity contribution is 0.288. The van der Waals surface area contributed by atoms with Crippen LogP contribution in [0.2, 0.25) is 0 Å². The smallest absolute Gasteiger partial charge is 0.0725 e. The van der Waals surface area contributed by atoms with Gasteiger partial charge in [0.25, 0.3) is 0 Å². The van der Waals surface area contributed by atoms with E-state index in [1.165, 1.54) is 65.5 Å². The number of aliphatic hydroxyl groups is 1. The van der Waals surface area contributed by atoms with Gasteiger partial charge in [0.2, 0.25) is 0 Å². The van der Waals surface area contributed by atoms with Gasteiger partial charge in [0.1, 0.15) is 0 Å². The first kappa shape index (κ1) is 28.8. The second-order valence-electron chi connectivity index (χ2n) is 11.4. The largest absolute Gasteiger partial charge is 0.396 e. The summed E-state index contributed by atoms with van der Waals surface area (Å²) < 4.78 is 0. The fourth-order valence-corrected chi connectivity index (χ4v) is 7.04. The van der Waals surface area contributed by atoms with Crippen LogP contribution in [0.4, 0.5) is 0 Å². The quantitative estimate of drug-likeness (QED) is 0.247. The molecular weight excluding hydrogens is 472 g/mol. The summed E-state index contributed by atoms with van der Waals surface area (Å²) in [6.45, 7) is 24.4. The highest BCUT2D eigenvalue weighted by Crippen LogP contribution is 2.62. The van der Waals surface area contributed by atoms with Crippen molar-refractivity contribution in [3.8, 4) is 0 Å². The van der Waals surface area contributed by atoms with Gasteiger partial charge in [-0.2, -0.15) is 0 Å². The third-order valence-electron chi connectivity index (χ3n) is 9.38. The Morgan fingerprint density at radius 1 is 0.769 bits per heavy atom. The summed E-state index contributed by atoms with van der Waals surface area (Å²) in [6.07, 6.45) is 17.0. The molecule has 2 atom stereocenters. The Labute approximate surface area is 237 Å². The van der Waals surface area contributed by atoms with Crippen molar-refractivity contribution in [2.75, 3.05) is 6.61 Å². The Morgan fingerprint density at radius 3 is 1.92 bits per heavy atom. The summed E-state index contributed by atoms with van der Waals surface area (Å²) in [5.74, 6) is 0. The number of aryl methyl sites for hydroxylation is 1. The highest BCUT2D eigenvalue weighted by molar-refractivity contribution is 6.00. The van der Waals surface area contributed by atoms with Crippen LogP contribution in [0.3, 0.4) is 0 Å². The Morgan fingerprint density at radius 2 is 1.38 bits per heavy atom. The Balaban J connectivity index is 2.02. The fraction of sp³-hybridized carbons (Fsp3) is 0.368. The first-order chi connectivity index (χ1) is 18.9. The van der Waals surface area contributed by atoms with Gasteiger partial charge in [-0.15, -0.1) is 0 Å². The number of benzene rings is 2. The molecule has 2 unspecified atom stereocenters. The van der Waals surface area contributed by atoms with Crippen molar-refractivity contribution in [1.29, 1.82) is 0 Å². The predicted octanol–water partition coefficient (Wildman–Crippen LogP) is 9.81. The van der Waals surface area contributed by atoms with Gasteiger partial charge in [0, 0.05) is 6.61 Å². The van der Waals surface area contributed by atoms with Crippen molar-refractivity contribution < 1.29 is 5.11 Å². The fourth-order valence-electron chi connectivity index (χ4n) is 7.04. The molecule has 0 heterocycles. The minimum Gasteiger partial charge on any atom is -0.396 e. The van der Waals surface area contributed by atoms with Crippen LogP contribution in [0, 0.1) is 0 Å². The van der Waals surface area contributed by atoms with Crippen LogP contribution in [-0.4, -0.2) is 11.7 Å². The Hall–Kier alpha value is -3.16. The molecule has 1 N–H and O–H groups in total. The zero-order valence-corrected chi connectivity index (χ0v) is 24.4. The molecule has 2 aliphatic carbocycles. The molecule has 0 fully saturated rings. The summed E-state index contributed by atoms with van der Waals surface area (Å²) in [6, 6.07) is 13.9. The van der Waals surface area contributed by atoms with E-state index in [0.717, 1.165) is 41.6 Å². The number of rotatable bonds is 14. The molecule has 0 aliphatic heterocycles. The van der Waals surface area contributed by atoms with Gasteiger partial charge in [-0.3, -0.25) is 0 Å². The van der Waals surface area contributed by atoms with Gasteiger partial charge in [0.05, 0.1) is 5.41 Å². The predicted molar refractivity (Wildman–Crippen MR) is 170 cm³/mol. The van der Waals surface area contributed by atoms with Gasteiger partial charge in [0.15, 0.2) is 0 Å². The number of hydrogen-bond acceptors (Lipinski definition) is 1. The van der Waals surface area contributed by atoms with E-state index in [2.05, 4.69) is 83.5 Å². The standard InChI is InChI=1S/C38H46O/c1-8-14-15-16-23-37(7,13-6)28-20-22-32-30(10-3)34(12-5)38(36(32)26-28)33(11-4)29(9-2)31-21-19-27(18-17-24-39)25-35(31)38/h9-12,19-22,25-26,39H,2-5,8,13-18,23-24H2,1,6-7H3. The van der Waals surface area contributed by atoms with Crippen LogP contribution < -0.4 is 0 Å². The van der Waals surface area contributed by atoms with Gasteiger partial charge < -0.3 is 5.11 Å². The third-order valence-corrected chi connectivity index (χ3v) is 9.38. The van der Waals surface area contributed by atoms with Crippen molar-refractivity contribution in [1.82, 2.24) is 0 Å². The minimum atomic E-state index is -0.511. The molecule has 204 valence electrons. The number of aliphatic hydroxyl groups excluding tert-OH is 1. The first-order valence-electron chi connectivity index (χ1n) is 14.8. The van der Waals surface area contributed by atoms with Gasteiger partial charge >= 0.3 is 0 Å². The first-order valence-corrected chi connectivity index (χ1v) is 14.8. The molecule has 0 aromatic heterocycles. The molecule has 0 saturated heterocycles. The lowest BCUT2D eigenvalue weighted by Crippen LogP contribution is -2.29. The van der Waals surface area contributed by atoms with Crippen molar-refractivity contribution in [3.63, 3.8) is 0 Å². The van der Waals surface area contributed by atoms with Gasteiger partial charge in [-0.1, -0.05) is 133 Å². The summed E-state index contributed by atoms with van der Waals surface area (Å²) in [7, 11) is 0. The molecule has 4 rings (SSSR count). The average Bonchev–Trinajstić information content (AvgIpc) is 3.42. The number of fused-ring (bicyclic) bond motifs is 4. The summed E-state index contributed by atoms with van der Waals surface area (Å²) in [5.41, 5.74) is 11.8. The zero-order chi connectivity index (χ0) is 28.2. The van der Waals surface area contributed by atoms with Crippen LogP contribution >= 0.6 is 0 Å². The molecule has 0 saturated carbocycles. The van der Waals surface area contributed by atoms with Crippen molar-refractivity contribution in [3.05, 3.63) is 132 Å². The molecule has 39 heavy (non-hydrogen) atoms. The minimum absolute atomic E-state index is 0.110. The van der Waals surface area contributed by atoms with Crippen molar-refractivity contribution in [2.24, 2.45) is 0 Å². The Bertz CT molecular complexity index is 1340. The lowest BCUT2D eigenvalue weighted by Gasteiger charge is -2.35. The van der Waals surface area contributed by atoms with E-state index in [9.17, 15) is 5.11 Å². The van der Waals surface area contributed by atoms with Crippen LogP contribution in [-0.2, 0) is 17.3 Å². The van der Waals surface area contributed by atoms with E-state index in [-0.39, 0.29) is 12.0 Å². The van der Waals surface area contributed by atoms with E-state index < -0.39 is 5.41 Å². The highest BCUT2D eigenvalue weighted by atomic mass is 16.2.